The van der Waals surface area contributed by atoms with Crippen LogP contribution < -0.4 is 5.32 Å². The van der Waals surface area contributed by atoms with Crippen molar-refractivity contribution in [1.82, 2.24) is 15.1 Å². The van der Waals surface area contributed by atoms with E-state index in [1.807, 2.05) is 0 Å². The summed E-state index contributed by atoms with van der Waals surface area (Å²) in [7, 11) is 0. The van der Waals surface area contributed by atoms with Crippen LogP contribution in [-0.4, -0.2) is 35.6 Å². The highest BCUT2D eigenvalue weighted by atomic mass is 16.5. The summed E-state index contributed by atoms with van der Waals surface area (Å²) in [5, 5.41) is 8.05. The van der Waals surface area contributed by atoms with E-state index in [0.717, 1.165) is 39.1 Å². The summed E-state index contributed by atoms with van der Waals surface area (Å²) >= 11 is 0. The molecule has 0 bridgehead atoms. The molecule has 1 saturated heterocycles. The maximum atomic E-state index is 5.47. The number of aromatic nitrogens is 2. The maximum Gasteiger partial charge on any atom is 0.0628 e. The third kappa shape index (κ3) is 2.87. The second-order valence-electron chi connectivity index (χ2n) is 4.73. The molecule has 2 rings (SSSR count). The van der Waals surface area contributed by atoms with E-state index in [2.05, 4.69) is 35.9 Å². The monoisotopic (exact) mass is 237 g/mol. The molecule has 0 aromatic carbocycles. The molecule has 4 heteroatoms. The minimum Gasteiger partial charge on any atom is -0.379 e. The number of rotatable bonds is 4. The lowest BCUT2D eigenvalue weighted by Crippen LogP contribution is -2.41. The number of ether oxygens (including phenoxy) is 1. The lowest BCUT2D eigenvalue weighted by atomic mass is 10.0. The number of aryl methyl sites for hydroxylation is 2. The Kier molecular flexibility index (Phi) is 4.18. The highest BCUT2D eigenvalue weighted by Crippen LogP contribution is 2.16. The van der Waals surface area contributed by atoms with Crippen molar-refractivity contribution >= 4 is 0 Å². The van der Waals surface area contributed by atoms with E-state index < -0.39 is 0 Å². The van der Waals surface area contributed by atoms with Crippen LogP contribution in [0.3, 0.4) is 0 Å². The molecule has 0 saturated carbocycles. The summed E-state index contributed by atoms with van der Waals surface area (Å²) in [5.74, 6) is 0. The van der Waals surface area contributed by atoms with Crippen molar-refractivity contribution in [2.24, 2.45) is 0 Å². The highest BCUT2D eigenvalue weighted by molar-refractivity contribution is 5.24. The molecular weight excluding hydrogens is 214 g/mol. The summed E-state index contributed by atoms with van der Waals surface area (Å²) in [6.07, 6.45) is 2.23. The Bertz CT molecular complexity index is 367. The van der Waals surface area contributed by atoms with Crippen molar-refractivity contribution in [3.05, 3.63) is 17.0 Å². The van der Waals surface area contributed by atoms with Gasteiger partial charge in [-0.3, -0.25) is 4.68 Å². The molecule has 1 atom stereocenters. The molecule has 17 heavy (non-hydrogen) atoms. The molecule has 96 valence electrons. The average Bonchev–Trinajstić information content (AvgIpc) is 2.63. The number of nitrogens with zero attached hydrogens (tertiary/aromatic N) is 2. The topological polar surface area (TPSA) is 39.1 Å². The van der Waals surface area contributed by atoms with Crippen LogP contribution >= 0.6 is 0 Å². The summed E-state index contributed by atoms with van der Waals surface area (Å²) in [4.78, 5) is 0. The smallest absolute Gasteiger partial charge is 0.0628 e. The standard InChI is InChI=1S/C13H23N3O/c1-4-16-11(3)13(10(2)15-16)6-5-12-9-17-8-7-14-12/h12,14H,4-9H2,1-3H3. The van der Waals surface area contributed by atoms with Crippen LogP contribution in [0.25, 0.3) is 0 Å². The number of hydrogen-bond acceptors (Lipinski definition) is 3. The van der Waals surface area contributed by atoms with Gasteiger partial charge >= 0.3 is 0 Å². The Morgan fingerprint density at radius 2 is 2.29 bits per heavy atom. The van der Waals surface area contributed by atoms with Crippen LogP contribution in [0, 0.1) is 13.8 Å². The fourth-order valence-corrected chi connectivity index (χ4v) is 2.53. The molecule has 1 fully saturated rings. The first-order chi connectivity index (χ1) is 8.22. The first-order valence-corrected chi connectivity index (χ1v) is 6.56. The minimum absolute atomic E-state index is 0.507. The lowest BCUT2D eigenvalue weighted by molar-refractivity contribution is 0.0743. The van der Waals surface area contributed by atoms with Crippen LogP contribution in [0.1, 0.15) is 30.3 Å². The van der Waals surface area contributed by atoms with Crippen molar-refractivity contribution in [3.8, 4) is 0 Å². The summed E-state index contributed by atoms with van der Waals surface area (Å²) < 4.78 is 7.57. The lowest BCUT2D eigenvalue weighted by Gasteiger charge is -2.23. The zero-order valence-electron chi connectivity index (χ0n) is 11.1. The average molecular weight is 237 g/mol. The molecule has 0 radical (unpaired) electrons. The van der Waals surface area contributed by atoms with E-state index in [0.29, 0.717) is 6.04 Å². The molecular formula is C13H23N3O. The van der Waals surface area contributed by atoms with Gasteiger partial charge in [-0.15, -0.1) is 0 Å². The number of nitrogens with one attached hydrogen (secondary N) is 1. The third-order valence-corrected chi connectivity index (χ3v) is 3.57. The van der Waals surface area contributed by atoms with E-state index in [1.54, 1.807) is 0 Å². The predicted molar refractivity (Wildman–Crippen MR) is 68.3 cm³/mol. The van der Waals surface area contributed by atoms with Gasteiger partial charge in [0.2, 0.25) is 0 Å². The Morgan fingerprint density at radius 1 is 1.47 bits per heavy atom. The molecule has 1 aliphatic heterocycles. The SMILES string of the molecule is CCn1nc(C)c(CCC2COCCN2)c1C. The van der Waals surface area contributed by atoms with Crippen LogP contribution in [0.4, 0.5) is 0 Å². The highest BCUT2D eigenvalue weighted by Gasteiger charge is 2.16. The first kappa shape index (κ1) is 12.6. The molecule has 1 aliphatic rings. The van der Waals surface area contributed by atoms with E-state index in [4.69, 9.17) is 4.74 Å². The second kappa shape index (κ2) is 5.65. The van der Waals surface area contributed by atoms with Crippen LogP contribution in [0.15, 0.2) is 0 Å². The number of morpholine rings is 1. The van der Waals surface area contributed by atoms with Gasteiger partial charge in [0.05, 0.1) is 18.9 Å². The normalized spacial score (nSPS) is 20.8. The van der Waals surface area contributed by atoms with Gasteiger partial charge in [0.15, 0.2) is 0 Å². The molecule has 0 amide bonds. The van der Waals surface area contributed by atoms with E-state index >= 15 is 0 Å². The maximum absolute atomic E-state index is 5.47. The van der Waals surface area contributed by atoms with Gasteiger partial charge in [0, 0.05) is 24.8 Å². The van der Waals surface area contributed by atoms with Crippen molar-refractivity contribution in [2.45, 2.75) is 46.2 Å². The largest absolute Gasteiger partial charge is 0.379 e. The number of hydrogen-bond donors (Lipinski definition) is 1. The zero-order valence-corrected chi connectivity index (χ0v) is 11.1. The quantitative estimate of drug-likeness (QED) is 0.861. The van der Waals surface area contributed by atoms with Gasteiger partial charge in [-0.05, 0) is 39.2 Å². The zero-order chi connectivity index (χ0) is 12.3. The molecule has 0 spiro atoms. The van der Waals surface area contributed by atoms with E-state index in [-0.39, 0.29) is 0 Å². The van der Waals surface area contributed by atoms with Crippen LogP contribution in [-0.2, 0) is 17.7 Å². The first-order valence-electron chi connectivity index (χ1n) is 6.56. The minimum atomic E-state index is 0.507. The summed E-state index contributed by atoms with van der Waals surface area (Å²) in [6, 6.07) is 0.507. The van der Waals surface area contributed by atoms with Gasteiger partial charge in [-0.1, -0.05) is 0 Å². The van der Waals surface area contributed by atoms with Crippen molar-refractivity contribution in [2.75, 3.05) is 19.8 Å². The third-order valence-electron chi connectivity index (χ3n) is 3.57. The summed E-state index contributed by atoms with van der Waals surface area (Å²) in [6.45, 7) is 10.1. The van der Waals surface area contributed by atoms with Crippen LogP contribution in [0.2, 0.25) is 0 Å². The molecule has 0 aliphatic carbocycles. The van der Waals surface area contributed by atoms with Gasteiger partial charge in [0.25, 0.3) is 0 Å². The summed E-state index contributed by atoms with van der Waals surface area (Å²) in [5.41, 5.74) is 3.92. The molecule has 1 aromatic rings. The van der Waals surface area contributed by atoms with Crippen molar-refractivity contribution in [3.63, 3.8) is 0 Å². The Hall–Kier alpha value is -0.870. The van der Waals surface area contributed by atoms with Gasteiger partial charge in [-0.25, -0.2) is 0 Å². The fourth-order valence-electron chi connectivity index (χ4n) is 2.53. The Balaban J connectivity index is 1.95. The van der Waals surface area contributed by atoms with Crippen LogP contribution in [0.5, 0.6) is 0 Å². The van der Waals surface area contributed by atoms with Crippen molar-refractivity contribution in [1.29, 1.82) is 0 Å². The van der Waals surface area contributed by atoms with Gasteiger partial charge < -0.3 is 10.1 Å². The van der Waals surface area contributed by atoms with Gasteiger partial charge in [-0.2, -0.15) is 5.10 Å². The molecule has 1 unspecified atom stereocenters. The molecule has 4 nitrogen and oxygen atoms in total. The molecule has 1 N–H and O–H groups in total. The Morgan fingerprint density at radius 3 is 2.88 bits per heavy atom. The second-order valence-corrected chi connectivity index (χ2v) is 4.73. The fraction of sp³-hybridized carbons (Fsp3) is 0.769. The Labute approximate surface area is 103 Å². The van der Waals surface area contributed by atoms with E-state index in [1.165, 1.54) is 17.0 Å². The van der Waals surface area contributed by atoms with E-state index in [9.17, 15) is 0 Å². The van der Waals surface area contributed by atoms with Crippen molar-refractivity contribution < 1.29 is 4.74 Å². The molecule has 2 heterocycles. The predicted octanol–water partition coefficient (Wildman–Crippen LogP) is 1.44. The molecule has 1 aromatic heterocycles. The van der Waals surface area contributed by atoms with Gasteiger partial charge in [0.1, 0.15) is 0 Å².